The number of aromatic nitrogens is 2. The molecule has 0 aliphatic heterocycles. The molecule has 1 heterocycles. The molecular formula is C19H16F4N4. The molecule has 0 fully saturated rings. The molecular weight excluding hydrogens is 360 g/mol. The molecule has 0 aliphatic rings. The lowest BCUT2D eigenvalue weighted by atomic mass is 10.1. The summed E-state index contributed by atoms with van der Waals surface area (Å²) in [7, 11) is 0. The maximum Gasteiger partial charge on any atom is 0.416 e. The lowest BCUT2D eigenvalue weighted by molar-refractivity contribution is -0.137. The first-order valence-corrected chi connectivity index (χ1v) is 8.00. The SMILES string of the molecule is Cc1ccc(Nc2nc(C)nc(-c3ccc(C(F)(F)F)cc3F)c2N)cc1. The van der Waals surface area contributed by atoms with E-state index in [1.807, 2.05) is 31.2 Å². The molecule has 0 unspecified atom stereocenters. The number of nitrogens with zero attached hydrogens (tertiary/aromatic N) is 2. The molecule has 0 aliphatic carbocycles. The summed E-state index contributed by atoms with van der Waals surface area (Å²) in [4.78, 5) is 8.33. The molecule has 3 N–H and O–H groups in total. The lowest BCUT2D eigenvalue weighted by Crippen LogP contribution is -2.08. The molecule has 4 nitrogen and oxygen atoms in total. The van der Waals surface area contributed by atoms with E-state index in [1.165, 1.54) is 0 Å². The van der Waals surface area contributed by atoms with Gasteiger partial charge in [0, 0.05) is 11.3 Å². The molecule has 0 amide bonds. The second-order valence-electron chi connectivity index (χ2n) is 6.07. The Morgan fingerprint density at radius 1 is 0.963 bits per heavy atom. The van der Waals surface area contributed by atoms with Crippen molar-refractivity contribution in [2.75, 3.05) is 11.1 Å². The Bertz CT molecular complexity index is 982. The van der Waals surface area contributed by atoms with E-state index in [4.69, 9.17) is 5.73 Å². The van der Waals surface area contributed by atoms with Crippen LogP contribution in [0.3, 0.4) is 0 Å². The molecule has 8 heteroatoms. The van der Waals surface area contributed by atoms with Crippen molar-refractivity contribution in [1.82, 2.24) is 9.97 Å². The fraction of sp³-hybridized carbons (Fsp3) is 0.158. The minimum Gasteiger partial charge on any atom is -0.394 e. The fourth-order valence-corrected chi connectivity index (χ4v) is 2.54. The number of rotatable bonds is 3. The number of nitrogens with two attached hydrogens (primary N) is 1. The van der Waals surface area contributed by atoms with Gasteiger partial charge in [-0.25, -0.2) is 14.4 Å². The summed E-state index contributed by atoms with van der Waals surface area (Å²) in [5.41, 5.74) is 6.73. The van der Waals surface area contributed by atoms with Crippen LogP contribution in [0.2, 0.25) is 0 Å². The lowest BCUT2D eigenvalue weighted by Gasteiger charge is -2.14. The molecule has 0 spiro atoms. The fourth-order valence-electron chi connectivity index (χ4n) is 2.54. The first-order valence-electron chi connectivity index (χ1n) is 8.00. The van der Waals surface area contributed by atoms with E-state index in [2.05, 4.69) is 15.3 Å². The molecule has 3 aromatic rings. The van der Waals surface area contributed by atoms with Crippen molar-refractivity contribution in [2.45, 2.75) is 20.0 Å². The number of alkyl halides is 3. The summed E-state index contributed by atoms with van der Waals surface area (Å²) in [5.74, 6) is -0.510. The van der Waals surface area contributed by atoms with Gasteiger partial charge in [0.25, 0.3) is 0 Å². The third kappa shape index (κ3) is 3.99. The van der Waals surface area contributed by atoms with Crippen LogP contribution in [-0.2, 0) is 6.18 Å². The molecule has 2 aromatic carbocycles. The van der Waals surface area contributed by atoms with Gasteiger partial charge in [0.15, 0.2) is 5.82 Å². The van der Waals surface area contributed by atoms with E-state index in [-0.39, 0.29) is 22.8 Å². The highest BCUT2D eigenvalue weighted by molar-refractivity contribution is 5.83. The normalized spacial score (nSPS) is 11.5. The number of hydrogen-bond donors (Lipinski definition) is 2. The Morgan fingerprint density at radius 2 is 1.63 bits per heavy atom. The third-order valence-corrected chi connectivity index (χ3v) is 3.92. The molecule has 3 rings (SSSR count). The Kier molecular flexibility index (Phi) is 4.73. The molecule has 0 saturated carbocycles. The highest BCUT2D eigenvalue weighted by atomic mass is 19.4. The topological polar surface area (TPSA) is 63.8 Å². The van der Waals surface area contributed by atoms with Gasteiger partial charge in [-0.05, 0) is 44.2 Å². The predicted octanol–water partition coefficient (Wildman–Crippen LogP) is 5.24. The summed E-state index contributed by atoms with van der Waals surface area (Å²) < 4.78 is 52.6. The Morgan fingerprint density at radius 3 is 2.22 bits per heavy atom. The van der Waals surface area contributed by atoms with E-state index >= 15 is 0 Å². The van der Waals surface area contributed by atoms with Crippen LogP contribution in [0.1, 0.15) is 17.0 Å². The van der Waals surface area contributed by atoms with Gasteiger partial charge in [0.05, 0.1) is 5.56 Å². The monoisotopic (exact) mass is 376 g/mol. The summed E-state index contributed by atoms with van der Waals surface area (Å²) in [6.45, 7) is 3.53. The summed E-state index contributed by atoms with van der Waals surface area (Å²) in [5, 5.41) is 3.03. The van der Waals surface area contributed by atoms with Gasteiger partial charge in [0.2, 0.25) is 0 Å². The minimum atomic E-state index is -4.63. The zero-order valence-corrected chi connectivity index (χ0v) is 14.5. The van der Waals surface area contributed by atoms with Crippen molar-refractivity contribution in [2.24, 2.45) is 0 Å². The van der Waals surface area contributed by atoms with Crippen LogP contribution >= 0.6 is 0 Å². The van der Waals surface area contributed by atoms with Crippen LogP contribution in [0.5, 0.6) is 0 Å². The van der Waals surface area contributed by atoms with Gasteiger partial charge in [-0.2, -0.15) is 13.2 Å². The first kappa shape index (κ1) is 18.6. The highest BCUT2D eigenvalue weighted by Crippen LogP contribution is 2.35. The second-order valence-corrected chi connectivity index (χ2v) is 6.07. The van der Waals surface area contributed by atoms with Crippen molar-refractivity contribution in [3.63, 3.8) is 0 Å². The van der Waals surface area contributed by atoms with Gasteiger partial charge >= 0.3 is 6.18 Å². The van der Waals surface area contributed by atoms with E-state index < -0.39 is 17.6 Å². The van der Waals surface area contributed by atoms with Gasteiger partial charge in [-0.15, -0.1) is 0 Å². The zero-order valence-electron chi connectivity index (χ0n) is 14.5. The smallest absolute Gasteiger partial charge is 0.394 e. The largest absolute Gasteiger partial charge is 0.416 e. The molecule has 140 valence electrons. The molecule has 0 radical (unpaired) electrons. The number of benzene rings is 2. The van der Waals surface area contributed by atoms with Crippen molar-refractivity contribution < 1.29 is 17.6 Å². The van der Waals surface area contributed by atoms with E-state index in [0.29, 0.717) is 17.6 Å². The Hall–Kier alpha value is -3.16. The van der Waals surface area contributed by atoms with E-state index in [0.717, 1.165) is 17.7 Å². The Balaban J connectivity index is 2.04. The number of nitrogen functional groups attached to an aromatic ring is 1. The van der Waals surface area contributed by atoms with Crippen LogP contribution in [0.25, 0.3) is 11.3 Å². The average Bonchev–Trinajstić information content (AvgIpc) is 2.59. The van der Waals surface area contributed by atoms with Crippen molar-refractivity contribution in [1.29, 1.82) is 0 Å². The molecule has 0 saturated heterocycles. The molecule has 27 heavy (non-hydrogen) atoms. The van der Waals surface area contributed by atoms with Crippen LogP contribution < -0.4 is 11.1 Å². The number of hydrogen-bond acceptors (Lipinski definition) is 4. The maximum atomic E-state index is 14.3. The van der Waals surface area contributed by atoms with E-state index in [9.17, 15) is 17.6 Å². The maximum absolute atomic E-state index is 14.3. The van der Waals surface area contributed by atoms with E-state index in [1.54, 1.807) is 6.92 Å². The molecule has 1 aromatic heterocycles. The molecule has 0 atom stereocenters. The summed E-state index contributed by atoms with van der Waals surface area (Å²) >= 11 is 0. The van der Waals surface area contributed by atoms with Crippen molar-refractivity contribution >= 4 is 17.2 Å². The van der Waals surface area contributed by atoms with Crippen LogP contribution in [0.4, 0.5) is 34.8 Å². The van der Waals surface area contributed by atoms with Crippen molar-refractivity contribution in [3.05, 3.63) is 65.2 Å². The van der Waals surface area contributed by atoms with Gasteiger partial charge in [-0.1, -0.05) is 17.7 Å². The number of halogens is 4. The third-order valence-electron chi connectivity index (χ3n) is 3.92. The van der Waals surface area contributed by atoms with Gasteiger partial charge in [0.1, 0.15) is 23.0 Å². The number of anilines is 3. The minimum absolute atomic E-state index is 0.0309. The van der Waals surface area contributed by atoms with Gasteiger partial charge in [-0.3, -0.25) is 0 Å². The summed E-state index contributed by atoms with van der Waals surface area (Å²) in [6, 6.07) is 9.68. The van der Waals surface area contributed by atoms with Crippen LogP contribution in [0.15, 0.2) is 42.5 Å². The standard InChI is InChI=1S/C19H16F4N4/c1-10-3-6-13(7-4-10)27-18-16(24)17(25-11(2)26-18)14-8-5-12(9-15(14)20)19(21,22)23/h3-9H,24H2,1-2H3,(H,25,26,27). The number of nitrogens with one attached hydrogen (secondary N) is 1. The van der Waals surface area contributed by atoms with Crippen molar-refractivity contribution in [3.8, 4) is 11.3 Å². The highest BCUT2D eigenvalue weighted by Gasteiger charge is 2.31. The molecule has 0 bridgehead atoms. The first-order chi connectivity index (χ1) is 12.6. The van der Waals surface area contributed by atoms with Crippen LogP contribution in [-0.4, -0.2) is 9.97 Å². The Labute approximate surface area is 153 Å². The van der Waals surface area contributed by atoms with Crippen LogP contribution in [0, 0.1) is 19.7 Å². The zero-order chi connectivity index (χ0) is 19.8. The van der Waals surface area contributed by atoms with Gasteiger partial charge < -0.3 is 11.1 Å². The second kappa shape index (κ2) is 6.86. The average molecular weight is 376 g/mol. The predicted molar refractivity (Wildman–Crippen MR) is 96.0 cm³/mol. The quantitative estimate of drug-likeness (QED) is 0.613. The number of aryl methyl sites for hydroxylation is 2. The summed E-state index contributed by atoms with van der Waals surface area (Å²) in [6.07, 6.45) is -4.63.